The minimum Gasteiger partial charge on any atom is -0.458 e. The normalized spacial score (nSPS) is 13.5. The summed E-state index contributed by atoms with van der Waals surface area (Å²) >= 11 is 0. The van der Waals surface area contributed by atoms with E-state index in [0.717, 1.165) is 4.90 Å². The average molecular weight is 557 g/mol. The fourth-order valence-electron chi connectivity index (χ4n) is 2.65. The molecule has 12 nitrogen and oxygen atoms in total. The van der Waals surface area contributed by atoms with E-state index in [9.17, 15) is 19.2 Å². The third-order valence-corrected chi connectivity index (χ3v) is 3.86. The molecular weight excluding hydrogens is 508 g/mol. The van der Waals surface area contributed by atoms with Crippen LogP contribution in [0.5, 0.6) is 0 Å². The number of alkyl carbamates (subject to hydrolysis) is 2. The summed E-state index contributed by atoms with van der Waals surface area (Å²) in [6.45, 7) is 23.8. The standard InChI is InChI=1S/C27H48N4O8/c1-14-17-31(23(35)39-27(11,12)13)20(30-22(34)38-26(8,9)10)28-16-15-18(19(32)36-24(2,3)4)29-21(33)37-25(5,6)7/h14,18H,1,15-17H2,2-13H3,(H,29,33)(H,28,30,34)/t18-/m0/s1. The molecular formula is C27H48N4O8. The zero-order chi connectivity index (χ0) is 30.8. The highest BCUT2D eigenvalue weighted by atomic mass is 16.6. The number of rotatable bonds is 7. The van der Waals surface area contributed by atoms with E-state index in [0.29, 0.717) is 0 Å². The minimum atomic E-state index is -1.13. The second-order valence-electron chi connectivity index (χ2n) is 12.7. The van der Waals surface area contributed by atoms with E-state index >= 15 is 0 Å². The van der Waals surface area contributed by atoms with E-state index in [1.807, 2.05) is 0 Å². The van der Waals surface area contributed by atoms with Gasteiger partial charge in [-0.3, -0.25) is 10.3 Å². The molecule has 0 saturated carbocycles. The summed E-state index contributed by atoms with van der Waals surface area (Å²) in [7, 11) is 0. The lowest BCUT2D eigenvalue weighted by atomic mass is 10.1. The number of esters is 1. The van der Waals surface area contributed by atoms with Gasteiger partial charge in [0.2, 0.25) is 5.96 Å². The van der Waals surface area contributed by atoms with Gasteiger partial charge in [-0.1, -0.05) is 6.08 Å². The number of amides is 3. The second-order valence-corrected chi connectivity index (χ2v) is 12.7. The van der Waals surface area contributed by atoms with Crippen molar-refractivity contribution in [2.75, 3.05) is 13.1 Å². The Kier molecular flexibility index (Phi) is 13.0. The lowest BCUT2D eigenvalue weighted by molar-refractivity contribution is -0.157. The Balaban J connectivity index is 6.13. The molecule has 2 N–H and O–H groups in total. The smallest absolute Gasteiger partial charge is 0.417 e. The Bertz CT molecular complexity index is 903. The van der Waals surface area contributed by atoms with Crippen LogP contribution in [0.1, 0.15) is 89.5 Å². The van der Waals surface area contributed by atoms with Gasteiger partial charge in [0.1, 0.15) is 28.4 Å². The SMILES string of the molecule is C=CCN(C(=O)OC(C)(C)C)C(=NCC[C@H](NC(=O)OC(C)(C)C)C(=O)OC(C)(C)C)NC(=O)OC(C)(C)C. The molecule has 0 aliphatic rings. The van der Waals surface area contributed by atoms with Gasteiger partial charge in [0.25, 0.3) is 0 Å². The van der Waals surface area contributed by atoms with Gasteiger partial charge in [0, 0.05) is 13.1 Å². The van der Waals surface area contributed by atoms with Crippen molar-refractivity contribution in [2.45, 2.75) is 118 Å². The van der Waals surface area contributed by atoms with Crippen molar-refractivity contribution in [3.63, 3.8) is 0 Å². The van der Waals surface area contributed by atoms with Crippen LogP contribution in [0.3, 0.4) is 0 Å². The molecule has 12 heteroatoms. The van der Waals surface area contributed by atoms with Crippen LogP contribution in [0.4, 0.5) is 14.4 Å². The van der Waals surface area contributed by atoms with Gasteiger partial charge in [-0.25, -0.2) is 24.1 Å². The number of aliphatic imine (C=N–C) groups is 1. The van der Waals surface area contributed by atoms with Crippen molar-refractivity contribution in [3.05, 3.63) is 12.7 Å². The number of guanidine groups is 1. The lowest BCUT2D eigenvalue weighted by Crippen LogP contribution is -2.50. The fourth-order valence-corrected chi connectivity index (χ4v) is 2.65. The van der Waals surface area contributed by atoms with Crippen LogP contribution in [0.15, 0.2) is 17.6 Å². The summed E-state index contributed by atoms with van der Waals surface area (Å²) in [5.74, 6) is -0.876. The maximum atomic E-state index is 12.9. The van der Waals surface area contributed by atoms with Crippen LogP contribution < -0.4 is 10.6 Å². The van der Waals surface area contributed by atoms with Crippen LogP contribution in [0.25, 0.3) is 0 Å². The zero-order valence-electron chi connectivity index (χ0n) is 25.6. The first-order chi connectivity index (χ1) is 17.4. The fraction of sp³-hybridized carbons (Fsp3) is 0.741. The van der Waals surface area contributed by atoms with Gasteiger partial charge in [-0.05, 0) is 89.5 Å². The molecule has 39 heavy (non-hydrogen) atoms. The van der Waals surface area contributed by atoms with Gasteiger partial charge in [-0.2, -0.15) is 0 Å². The molecule has 3 amide bonds. The molecule has 0 radical (unpaired) electrons. The van der Waals surface area contributed by atoms with Crippen molar-refractivity contribution < 1.29 is 38.1 Å². The minimum absolute atomic E-state index is 0.0378. The number of hydrogen-bond acceptors (Lipinski definition) is 9. The second kappa shape index (κ2) is 14.2. The average Bonchev–Trinajstić information content (AvgIpc) is 2.64. The van der Waals surface area contributed by atoms with Gasteiger partial charge in [0.15, 0.2) is 0 Å². The van der Waals surface area contributed by atoms with E-state index in [-0.39, 0.29) is 25.5 Å². The Morgan fingerprint density at radius 1 is 0.769 bits per heavy atom. The van der Waals surface area contributed by atoms with Gasteiger partial charge in [0.05, 0.1) is 0 Å². The Hall–Kier alpha value is -3.31. The predicted molar refractivity (Wildman–Crippen MR) is 148 cm³/mol. The zero-order valence-corrected chi connectivity index (χ0v) is 25.6. The molecule has 0 fully saturated rings. The van der Waals surface area contributed by atoms with Crippen molar-refractivity contribution in [2.24, 2.45) is 4.99 Å². The number of carbonyl (C=O) groups excluding carboxylic acids is 4. The number of nitrogens with one attached hydrogen (secondary N) is 2. The number of hydrogen-bond donors (Lipinski definition) is 2. The highest BCUT2D eigenvalue weighted by Crippen LogP contribution is 2.14. The van der Waals surface area contributed by atoms with Crippen LogP contribution in [-0.4, -0.2) is 76.6 Å². The molecule has 1 atom stereocenters. The molecule has 0 bridgehead atoms. The Labute approximate surface area is 232 Å². The molecule has 0 saturated heterocycles. The van der Waals surface area contributed by atoms with E-state index in [1.165, 1.54) is 6.08 Å². The van der Waals surface area contributed by atoms with Crippen molar-refractivity contribution >= 4 is 30.2 Å². The Morgan fingerprint density at radius 2 is 1.23 bits per heavy atom. The summed E-state index contributed by atoms with van der Waals surface area (Å²) < 4.78 is 21.5. The van der Waals surface area contributed by atoms with Crippen molar-refractivity contribution in [1.29, 1.82) is 0 Å². The van der Waals surface area contributed by atoms with Gasteiger partial charge < -0.3 is 24.3 Å². The highest BCUT2D eigenvalue weighted by Gasteiger charge is 2.30. The summed E-state index contributed by atoms with van der Waals surface area (Å²) in [6, 6.07) is -1.13. The third kappa shape index (κ3) is 17.8. The number of nitrogens with zero attached hydrogens (tertiary/aromatic N) is 2. The summed E-state index contributed by atoms with van der Waals surface area (Å²) in [5.41, 5.74) is -3.24. The molecule has 0 aromatic carbocycles. The molecule has 0 unspecified atom stereocenters. The van der Waals surface area contributed by atoms with E-state index in [2.05, 4.69) is 22.2 Å². The third-order valence-electron chi connectivity index (χ3n) is 3.86. The highest BCUT2D eigenvalue weighted by molar-refractivity contribution is 6.01. The first-order valence-corrected chi connectivity index (χ1v) is 12.8. The van der Waals surface area contributed by atoms with Crippen LogP contribution in [0.2, 0.25) is 0 Å². The molecule has 0 rings (SSSR count). The predicted octanol–water partition coefficient (Wildman–Crippen LogP) is 4.92. The molecule has 0 heterocycles. The Morgan fingerprint density at radius 3 is 1.67 bits per heavy atom. The van der Waals surface area contributed by atoms with E-state index in [1.54, 1.807) is 83.1 Å². The molecule has 0 aromatic rings. The largest absolute Gasteiger partial charge is 0.458 e. The molecule has 0 aliphatic carbocycles. The van der Waals surface area contributed by atoms with Crippen LogP contribution in [-0.2, 0) is 23.7 Å². The quantitative estimate of drug-likeness (QED) is 0.148. The van der Waals surface area contributed by atoms with E-state index in [4.69, 9.17) is 18.9 Å². The summed E-state index contributed by atoms with van der Waals surface area (Å²) in [6.07, 6.45) is -1.05. The van der Waals surface area contributed by atoms with Crippen LogP contribution >= 0.6 is 0 Å². The maximum Gasteiger partial charge on any atom is 0.417 e. The van der Waals surface area contributed by atoms with Gasteiger partial charge in [-0.15, -0.1) is 6.58 Å². The first-order valence-electron chi connectivity index (χ1n) is 12.8. The lowest BCUT2D eigenvalue weighted by Gasteiger charge is -2.28. The van der Waals surface area contributed by atoms with Gasteiger partial charge >= 0.3 is 24.2 Å². The number of ether oxygens (including phenoxy) is 4. The topological polar surface area (TPSA) is 145 Å². The maximum absolute atomic E-state index is 12.9. The monoisotopic (exact) mass is 556 g/mol. The summed E-state index contributed by atoms with van der Waals surface area (Å²) in [5, 5.41) is 4.99. The van der Waals surface area contributed by atoms with Crippen molar-refractivity contribution in [3.8, 4) is 0 Å². The van der Waals surface area contributed by atoms with Crippen molar-refractivity contribution in [1.82, 2.24) is 15.5 Å². The molecule has 0 spiro atoms. The van der Waals surface area contributed by atoms with E-state index < -0.39 is 52.7 Å². The molecule has 0 aliphatic heterocycles. The first kappa shape index (κ1) is 35.7. The molecule has 224 valence electrons. The molecule has 0 aromatic heterocycles. The number of carbonyl (C=O) groups is 4. The summed E-state index contributed by atoms with van der Waals surface area (Å²) in [4.78, 5) is 56.2. The van der Waals surface area contributed by atoms with Crippen LogP contribution in [0, 0.1) is 0 Å².